The van der Waals surface area contributed by atoms with E-state index in [4.69, 9.17) is 9.47 Å². The molecule has 0 radical (unpaired) electrons. The molecule has 0 N–H and O–H groups in total. The summed E-state index contributed by atoms with van der Waals surface area (Å²) in [6, 6.07) is 4.71. The second-order valence-electron chi connectivity index (χ2n) is 9.91. The molecule has 2 atom stereocenters. The summed E-state index contributed by atoms with van der Waals surface area (Å²) in [5.41, 5.74) is 0.464. The van der Waals surface area contributed by atoms with Crippen molar-refractivity contribution in [3.05, 3.63) is 47.8 Å². The van der Waals surface area contributed by atoms with Crippen molar-refractivity contribution >= 4 is 5.91 Å². The minimum Gasteiger partial charge on any atom is -0.487 e. The van der Waals surface area contributed by atoms with Gasteiger partial charge >= 0.3 is 0 Å². The predicted octanol–water partition coefficient (Wildman–Crippen LogP) is 3.89. The zero-order chi connectivity index (χ0) is 21.8. The fraction of sp³-hybridized carbons (Fsp3) is 0.583. The van der Waals surface area contributed by atoms with E-state index in [2.05, 4.69) is 18.8 Å². The van der Waals surface area contributed by atoms with Crippen molar-refractivity contribution in [3.63, 3.8) is 0 Å². The van der Waals surface area contributed by atoms with Crippen molar-refractivity contribution in [3.8, 4) is 5.75 Å². The Bertz CT molecular complexity index is 994. The van der Waals surface area contributed by atoms with Gasteiger partial charge in [0, 0.05) is 37.0 Å². The van der Waals surface area contributed by atoms with Crippen LogP contribution in [0.2, 0.25) is 0 Å². The van der Waals surface area contributed by atoms with Crippen LogP contribution in [-0.2, 0) is 16.1 Å². The second-order valence-corrected chi connectivity index (χ2v) is 9.91. The summed E-state index contributed by atoms with van der Waals surface area (Å²) in [6.07, 6.45) is 6.21. The first kappa shape index (κ1) is 20.5. The lowest BCUT2D eigenvalue weighted by Gasteiger charge is -2.54. The third-order valence-corrected chi connectivity index (χ3v) is 7.54. The standard InChI is InChI=1S/C24H30FN3O3/c1-16-26-8-11-28(16)14-21(29)27-9-6-24(7-10-27)13-19-22(30-15-24)18-12-17(25)4-5-20(18)31-23(19,2)3/h4-5,8,11-12,19,22H,6-7,9-10,13-15H2,1-3H3. The number of ether oxygens (including phenoxy) is 2. The van der Waals surface area contributed by atoms with Gasteiger partial charge in [0.1, 0.15) is 29.5 Å². The number of likely N-dealkylation sites (tertiary alicyclic amines) is 1. The number of aryl methyl sites for hydroxylation is 1. The molecule has 6 nitrogen and oxygen atoms in total. The molecule has 2 fully saturated rings. The first-order chi connectivity index (χ1) is 14.8. The Morgan fingerprint density at radius 3 is 2.77 bits per heavy atom. The van der Waals surface area contributed by atoms with Crippen molar-refractivity contribution in [1.29, 1.82) is 0 Å². The normalized spacial score (nSPS) is 26.1. The van der Waals surface area contributed by atoms with Gasteiger partial charge in [-0.05, 0) is 63.6 Å². The molecule has 2 saturated heterocycles. The van der Waals surface area contributed by atoms with Crippen LogP contribution in [0.1, 0.15) is 50.6 Å². The molecule has 0 bridgehead atoms. The number of hydrogen-bond acceptors (Lipinski definition) is 4. The molecule has 1 aromatic carbocycles. The molecular weight excluding hydrogens is 397 g/mol. The second kappa shape index (κ2) is 7.33. The maximum Gasteiger partial charge on any atom is 0.242 e. The Hall–Kier alpha value is -2.41. The average Bonchev–Trinajstić information content (AvgIpc) is 3.14. The lowest BCUT2D eigenvalue weighted by Crippen LogP contribution is -2.54. The molecule has 3 aliphatic rings. The van der Waals surface area contributed by atoms with Crippen molar-refractivity contribution in [2.24, 2.45) is 11.3 Å². The van der Waals surface area contributed by atoms with Crippen LogP contribution in [0.5, 0.6) is 5.75 Å². The minimum atomic E-state index is -0.394. The van der Waals surface area contributed by atoms with Gasteiger partial charge in [-0.3, -0.25) is 4.79 Å². The van der Waals surface area contributed by atoms with E-state index >= 15 is 0 Å². The number of nitrogens with zero attached hydrogens (tertiary/aromatic N) is 3. The fourth-order valence-electron chi connectivity index (χ4n) is 5.52. The monoisotopic (exact) mass is 427 g/mol. The molecule has 31 heavy (non-hydrogen) atoms. The Labute approximate surface area is 182 Å². The van der Waals surface area contributed by atoms with Crippen molar-refractivity contribution in [2.75, 3.05) is 19.7 Å². The van der Waals surface area contributed by atoms with Gasteiger partial charge in [0.05, 0.1) is 12.7 Å². The highest BCUT2D eigenvalue weighted by Gasteiger charge is 2.53. The summed E-state index contributed by atoms with van der Waals surface area (Å²) < 4.78 is 28.5. The molecule has 0 saturated carbocycles. The van der Waals surface area contributed by atoms with Crippen LogP contribution in [0.15, 0.2) is 30.6 Å². The minimum absolute atomic E-state index is 0.0360. The van der Waals surface area contributed by atoms with Gasteiger partial charge in [0.2, 0.25) is 5.91 Å². The molecular formula is C24H30FN3O3. The van der Waals surface area contributed by atoms with Gasteiger partial charge in [-0.25, -0.2) is 9.37 Å². The van der Waals surface area contributed by atoms with Crippen LogP contribution in [-0.4, -0.2) is 45.7 Å². The highest BCUT2D eigenvalue weighted by atomic mass is 19.1. The van der Waals surface area contributed by atoms with E-state index in [1.165, 1.54) is 6.07 Å². The summed E-state index contributed by atoms with van der Waals surface area (Å²) in [5.74, 6) is 1.59. The maximum atomic E-state index is 13.9. The Morgan fingerprint density at radius 1 is 1.29 bits per heavy atom. The molecule has 1 aromatic heterocycles. The van der Waals surface area contributed by atoms with Crippen LogP contribution in [0.3, 0.4) is 0 Å². The number of hydrogen-bond donors (Lipinski definition) is 0. The number of piperidine rings is 1. The number of carbonyl (C=O) groups is 1. The zero-order valence-electron chi connectivity index (χ0n) is 18.4. The van der Waals surface area contributed by atoms with Crippen molar-refractivity contribution in [1.82, 2.24) is 14.5 Å². The molecule has 7 heteroatoms. The topological polar surface area (TPSA) is 56.6 Å². The Kier molecular flexibility index (Phi) is 4.84. The van der Waals surface area contributed by atoms with E-state index in [0.29, 0.717) is 13.2 Å². The number of amides is 1. The number of aromatic nitrogens is 2. The maximum absolute atomic E-state index is 13.9. The summed E-state index contributed by atoms with van der Waals surface area (Å²) in [6.45, 7) is 8.56. The zero-order valence-corrected chi connectivity index (χ0v) is 18.4. The molecule has 3 aliphatic heterocycles. The van der Waals surface area contributed by atoms with E-state index in [9.17, 15) is 9.18 Å². The first-order valence-electron chi connectivity index (χ1n) is 11.1. The van der Waals surface area contributed by atoms with E-state index in [1.54, 1.807) is 18.3 Å². The summed E-state index contributed by atoms with van der Waals surface area (Å²) in [4.78, 5) is 18.9. The molecule has 1 spiro atoms. The Balaban J connectivity index is 1.28. The van der Waals surface area contributed by atoms with Crippen LogP contribution < -0.4 is 4.74 Å². The molecule has 4 heterocycles. The number of benzene rings is 1. The molecule has 2 unspecified atom stereocenters. The van der Waals surface area contributed by atoms with Gasteiger partial charge in [-0.1, -0.05) is 0 Å². The highest BCUT2D eigenvalue weighted by Crippen LogP contribution is 2.55. The first-order valence-corrected chi connectivity index (χ1v) is 11.1. The van der Waals surface area contributed by atoms with Crippen LogP contribution in [0.4, 0.5) is 4.39 Å². The fourth-order valence-corrected chi connectivity index (χ4v) is 5.52. The SMILES string of the molecule is Cc1nccn1CC(=O)N1CCC2(CC1)COC1c3cc(F)ccc3OC(C)(C)C1C2. The largest absolute Gasteiger partial charge is 0.487 e. The van der Waals surface area contributed by atoms with E-state index in [-0.39, 0.29) is 29.2 Å². The van der Waals surface area contributed by atoms with Gasteiger partial charge in [-0.2, -0.15) is 0 Å². The van der Waals surface area contributed by atoms with Crippen molar-refractivity contribution in [2.45, 2.75) is 58.3 Å². The third kappa shape index (κ3) is 3.63. The quantitative estimate of drug-likeness (QED) is 0.730. The number of fused-ring (bicyclic) bond motifs is 3. The summed E-state index contributed by atoms with van der Waals surface area (Å²) in [5, 5.41) is 0. The summed E-state index contributed by atoms with van der Waals surface area (Å²) in [7, 11) is 0. The van der Waals surface area contributed by atoms with Crippen LogP contribution in [0.25, 0.3) is 0 Å². The third-order valence-electron chi connectivity index (χ3n) is 7.54. The predicted molar refractivity (Wildman–Crippen MR) is 113 cm³/mol. The molecule has 5 rings (SSSR count). The Morgan fingerprint density at radius 2 is 2.06 bits per heavy atom. The van der Waals surface area contributed by atoms with Gasteiger partial charge in [0.25, 0.3) is 0 Å². The van der Waals surface area contributed by atoms with Crippen molar-refractivity contribution < 1.29 is 18.7 Å². The highest BCUT2D eigenvalue weighted by molar-refractivity contribution is 5.76. The van der Waals surface area contributed by atoms with E-state index in [1.807, 2.05) is 22.6 Å². The van der Waals surface area contributed by atoms with Gasteiger partial charge < -0.3 is 18.9 Å². The average molecular weight is 428 g/mol. The van der Waals surface area contributed by atoms with Gasteiger partial charge in [-0.15, -0.1) is 0 Å². The molecule has 166 valence electrons. The molecule has 0 aliphatic carbocycles. The van der Waals surface area contributed by atoms with Crippen LogP contribution >= 0.6 is 0 Å². The van der Waals surface area contributed by atoms with E-state index in [0.717, 1.165) is 49.5 Å². The van der Waals surface area contributed by atoms with Crippen LogP contribution in [0, 0.1) is 24.1 Å². The number of imidazole rings is 1. The number of carbonyl (C=O) groups excluding carboxylic acids is 1. The molecule has 2 aromatic rings. The van der Waals surface area contributed by atoms with Gasteiger partial charge in [0.15, 0.2) is 0 Å². The van der Waals surface area contributed by atoms with E-state index < -0.39 is 5.60 Å². The lowest BCUT2D eigenvalue weighted by atomic mass is 9.64. The number of halogens is 1. The summed E-state index contributed by atoms with van der Waals surface area (Å²) >= 11 is 0. The lowest BCUT2D eigenvalue weighted by molar-refractivity contribution is -0.176. The smallest absolute Gasteiger partial charge is 0.242 e. The molecule has 1 amide bonds. The number of rotatable bonds is 2.